The van der Waals surface area contributed by atoms with Crippen LogP contribution >= 0.6 is 0 Å². The van der Waals surface area contributed by atoms with E-state index in [1.54, 1.807) is 13.0 Å². The van der Waals surface area contributed by atoms with Gasteiger partial charge in [0, 0.05) is 11.6 Å². The van der Waals surface area contributed by atoms with Gasteiger partial charge in [0.15, 0.2) is 20.5 Å². The van der Waals surface area contributed by atoms with E-state index in [0.717, 1.165) is 5.56 Å². The van der Waals surface area contributed by atoms with E-state index in [0.29, 0.717) is 12.1 Å². The van der Waals surface area contributed by atoms with E-state index in [-0.39, 0.29) is 33.7 Å². The standard InChI is InChI=1S/C18H20N4O5S2/c1-12-18(13(2)27-20-12)29(25,26)21-17-10-16(14-6-4-3-5-7-14)19-22(17)15-8-9-28(23,24)11-15/h3-7,10,15,21H,8-9,11H2,1-2H3. The van der Waals surface area contributed by atoms with Gasteiger partial charge < -0.3 is 4.52 Å². The Labute approximate surface area is 168 Å². The molecule has 4 rings (SSSR count). The summed E-state index contributed by atoms with van der Waals surface area (Å²) >= 11 is 0. The number of aryl methyl sites for hydroxylation is 2. The molecule has 29 heavy (non-hydrogen) atoms. The number of hydrogen-bond donors (Lipinski definition) is 1. The Morgan fingerprint density at radius 1 is 1.21 bits per heavy atom. The van der Waals surface area contributed by atoms with Crippen LogP contribution in [0.1, 0.15) is 23.9 Å². The van der Waals surface area contributed by atoms with Gasteiger partial charge in [-0.05, 0) is 20.3 Å². The molecule has 2 aromatic heterocycles. The molecule has 1 saturated heterocycles. The molecule has 0 aliphatic carbocycles. The molecule has 1 aromatic carbocycles. The van der Waals surface area contributed by atoms with E-state index in [2.05, 4.69) is 15.0 Å². The lowest BCUT2D eigenvalue weighted by atomic mass is 10.2. The summed E-state index contributed by atoms with van der Waals surface area (Å²) in [6.07, 6.45) is 0.373. The molecule has 3 heterocycles. The van der Waals surface area contributed by atoms with Crippen molar-refractivity contribution in [2.75, 3.05) is 16.2 Å². The fourth-order valence-corrected chi connectivity index (χ4v) is 6.58. The monoisotopic (exact) mass is 436 g/mol. The average Bonchev–Trinajstić information content (AvgIpc) is 3.32. The smallest absolute Gasteiger partial charge is 0.268 e. The number of nitrogens with zero attached hydrogens (tertiary/aromatic N) is 3. The van der Waals surface area contributed by atoms with Crippen molar-refractivity contribution < 1.29 is 21.4 Å². The predicted octanol–water partition coefficient (Wildman–Crippen LogP) is 2.32. The first-order valence-electron chi connectivity index (χ1n) is 8.97. The maximum Gasteiger partial charge on any atom is 0.268 e. The third-order valence-electron chi connectivity index (χ3n) is 4.84. The quantitative estimate of drug-likeness (QED) is 0.651. The number of rotatable bonds is 5. The molecule has 154 valence electrons. The lowest BCUT2D eigenvalue weighted by Gasteiger charge is -2.14. The molecular formula is C18H20N4O5S2. The topological polar surface area (TPSA) is 124 Å². The highest BCUT2D eigenvalue weighted by Crippen LogP contribution is 2.32. The summed E-state index contributed by atoms with van der Waals surface area (Å²) in [5.74, 6) is 0.343. The molecule has 1 fully saturated rings. The minimum absolute atomic E-state index is 0.0365. The second-order valence-corrected chi connectivity index (χ2v) is 10.9. The number of nitrogens with one attached hydrogen (secondary N) is 1. The van der Waals surface area contributed by atoms with E-state index >= 15 is 0 Å². The van der Waals surface area contributed by atoms with Crippen LogP contribution in [0.4, 0.5) is 5.82 Å². The van der Waals surface area contributed by atoms with Gasteiger partial charge in [0.2, 0.25) is 0 Å². The Kier molecular flexibility index (Phi) is 4.74. The Morgan fingerprint density at radius 2 is 1.93 bits per heavy atom. The van der Waals surface area contributed by atoms with Crippen LogP contribution in [-0.2, 0) is 19.9 Å². The van der Waals surface area contributed by atoms with E-state index in [1.807, 2.05) is 30.3 Å². The van der Waals surface area contributed by atoms with E-state index in [9.17, 15) is 16.8 Å². The summed E-state index contributed by atoms with van der Waals surface area (Å²) in [6, 6.07) is 10.4. The first-order valence-corrected chi connectivity index (χ1v) is 12.3. The van der Waals surface area contributed by atoms with Crippen LogP contribution in [0, 0.1) is 13.8 Å². The molecule has 9 nitrogen and oxygen atoms in total. The zero-order valence-electron chi connectivity index (χ0n) is 15.9. The molecule has 0 spiro atoms. The zero-order chi connectivity index (χ0) is 20.8. The summed E-state index contributed by atoms with van der Waals surface area (Å²) in [5, 5.41) is 8.22. The largest absolute Gasteiger partial charge is 0.360 e. The van der Waals surface area contributed by atoms with E-state index in [4.69, 9.17) is 4.52 Å². The summed E-state index contributed by atoms with van der Waals surface area (Å²) in [5.41, 5.74) is 1.59. The van der Waals surface area contributed by atoms with Gasteiger partial charge in [0.05, 0.1) is 23.2 Å². The fourth-order valence-electron chi connectivity index (χ4n) is 3.51. The van der Waals surface area contributed by atoms with E-state index < -0.39 is 25.9 Å². The molecule has 1 aliphatic rings. The number of aromatic nitrogens is 3. The van der Waals surface area contributed by atoms with Crippen LogP contribution in [0.5, 0.6) is 0 Å². The number of anilines is 1. The van der Waals surface area contributed by atoms with Crippen LogP contribution in [0.3, 0.4) is 0 Å². The van der Waals surface area contributed by atoms with Crippen molar-refractivity contribution in [1.29, 1.82) is 0 Å². The molecule has 0 saturated carbocycles. The van der Waals surface area contributed by atoms with Gasteiger partial charge in [-0.15, -0.1) is 0 Å². The van der Waals surface area contributed by atoms with Crippen molar-refractivity contribution >= 4 is 25.7 Å². The predicted molar refractivity (Wildman–Crippen MR) is 107 cm³/mol. The van der Waals surface area contributed by atoms with Gasteiger partial charge >= 0.3 is 0 Å². The SMILES string of the molecule is Cc1noc(C)c1S(=O)(=O)Nc1cc(-c2ccccc2)nn1C1CCS(=O)(=O)C1. The van der Waals surface area contributed by atoms with Gasteiger partial charge in [0.25, 0.3) is 10.0 Å². The molecule has 11 heteroatoms. The van der Waals surface area contributed by atoms with Crippen LogP contribution < -0.4 is 4.72 Å². The zero-order valence-corrected chi connectivity index (χ0v) is 17.5. The van der Waals surface area contributed by atoms with Gasteiger partial charge in [-0.3, -0.25) is 4.72 Å². The highest BCUT2D eigenvalue weighted by Gasteiger charge is 2.33. The Hall–Kier alpha value is -2.66. The Bertz CT molecular complexity index is 1240. The molecule has 0 radical (unpaired) electrons. The van der Waals surface area contributed by atoms with Gasteiger partial charge in [0.1, 0.15) is 11.5 Å². The summed E-state index contributed by atoms with van der Waals surface area (Å²) in [6.45, 7) is 3.06. The normalized spacial score (nSPS) is 18.8. The number of hydrogen-bond acceptors (Lipinski definition) is 7. The molecule has 0 bridgehead atoms. The van der Waals surface area contributed by atoms with Crippen LogP contribution in [0.25, 0.3) is 11.3 Å². The van der Waals surface area contributed by atoms with Gasteiger partial charge in [-0.2, -0.15) is 5.10 Å². The highest BCUT2D eigenvalue weighted by atomic mass is 32.2. The third-order valence-corrected chi connectivity index (χ3v) is 8.18. The van der Waals surface area contributed by atoms with Crippen molar-refractivity contribution in [2.24, 2.45) is 0 Å². The molecular weight excluding hydrogens is 416 g/mol. The van der Waals surface area contributed by atoms with Crippen molar-refractivity contribution in [1.82, 2.24) is 14.9 Å². The van der Waals surface area contributed by atoms with Crippen molar-refractivity contribution in [2.45, 2.75) is 31.2 Å². The first-order chi connectivity index (χ1) is 13.7. The lowest BCUT2D eigenvalue weighted by Crippen LogP contribution is -2.20. The second kappa shape index (κ2) is 6.99. The molecule has 1 aliphatic heterocycles. The minimum atomic E-state index is -4.00. The molecule has 1 atom stereocenters. The number of sulfonamides is 1. The average molecular weight is 437 g/mol. The first kappa shape index (κ1) is 19.6. The van der Waals surface area contributed by atoms with Crippen LogP contribution in [0.15, 0.2) is 45.8 Å². The van der Waals surface area contributed by atoms with Crippen molar-refractivity contribution in [3.8, 4) is 11.3 Å². The summed E-state index contributed by atoms with van der Waals surface area (Å²) in [7, 11) is -7.18. The summed E-state index contributed by atoms with van der Waals surface area (Å²) in [4.78, 5) is -0.0365. The van der Waals surface area contributed by atoms with Crippen LogP contribution in [-0.4, -0.2) is 43.3 Å². The van der Waals surface area contributed by atoms with Gasteiger partial charge in [-0.25, -0.2) is 21.5 Å². The highest BCUT2D eigenvalue weighted by molar-refractivity contribution is 7.92. The Morgan fingerprint density at radius 3 is 2.52 bits per heavy atom. The minimum Gasteiger partial charge on any atom is -0.360 e. The second-order valence-electron chi connectivity index (χ2n) is 7.04. The van der Waals surface area contributed by atoms with Crippen molar-refractivity contribution in [3.05, 3.63) is 47.9 Å². The number of benzene rings is 1. The summed E-state index contributed by atoms with van der Waals surface area (Å²) < 4.78 is 58.9. The maximum absolute atomic E-state index is 13.0. The Balaban J connectivity index is 1.78. The molecule has 1 unspecified atom stereocenters. The maximum atomic E-state index is 13.0. The van der Waals surface area contributed by atoms with Gasteiger partial charge in [-0.1, -0.05) is 35.5 Å². The number of sulfone groups is 1. The molecule has 0 amide bonds. The van der Waals surface area contributed by atoms with Crippen LogP contribution in [0.2, 0.25) is 0 Å². The molecule has 1 N–H and O–H groups in total. The lowest BCUT2D eigenvalue weighted by molar-refractivity contribution is 0.390. The molecule has 3 aromatic rings. The van der Waals surface area contributed by atoms with E-state index in [1.165, 1.54) is 11.6 Å². The fraction of sp³-hybridized carbons (Fsp3) is 0.333. The van der Waals surface area contributed by atoms with Crippen molar-refractivity contribution in [3.63, 3.8) is 0 Å². The third kappa shape index (κ3) is 3.79.